The first-order valence-corrected chi connectivity index (χ1v) is 15.6. The van der Waals surface area contributed by atoms with Crippen LogP contribution in [0.4, 0.5) is 5.69 Å². The molecule has 3 aromatic rings. The number of halogens is 2. The molecule has 1 N–H and O–H groups in total. The molecule has 40 heavy (non-hydrogen) atoms. The maximum absolute atomic E-state index is 14.1. The molecule has 0 saturated heterocycles. The minimum Gasteiger partial charge on any atom is -0.354 e. The summed E-state index contributed by atoms with van der Waals surface area (Å²) in [6.45, 7) is 5.91. The number of amides is 2. The molecule has 0 spiro atoms. The van der Waals surface area contributed by atoms with Gasteiger partial charge in [-0.25, -0.2) is 8.42 Å². The predicted molar refractivity (Wildman–Crippen MR) is 162 cm³/mol. The third-order valence-corrected chi connectivity index (χ3v) is 8.08. The van der Waals surface area contributed by atoms with Gasteiger partial charge in [0.1, 0.15) is 12.6 Å². The van der Waals surface area contributed by atoms with Crippen LogP contribution in [0.3, 0.4) is 0 Å². The van der Waals surface area contributed by atoms with Gasteiger partial charge in [-0.2, -0.15) is 0 Å². The number of aryl methyl sites for hydroxylation is 1. The van der Waals surface area contributed by atoms with Crippen molar-refractivity contribution in [2.24, 2.45) is 5.92 Å². The molecule has 0 aliphatic heterocycles. The molecule has 3 aromatic carbocycles. The average Bonchev–Trinajstić information content (AvgIpc) is 2.89. The zero-order chi connectivity index (χ0) is 29.4. The van der Waals surface area contributed by atoms with Crippen molar-refractivity contribution in [3.63, 3.8) is 0 Å². The van der Waals surface area contributed by atoms with Gasteiger partial charge in [0, 0.05) is 24.5 Å². The monoisotopic (exact) mass is 603 g/mol. The number of nitrogens with zero attached hydrogens (tertiary/aromatic N) is 2. The van der Waals surface area contributed by atoms with Crippen LogP contribution in [-0.4, -0.2) is 50.5 Å². The van der Waals surface area contributed by atoms with E-state index in [9.17, 15) is 18.0 Å². The molecule has 214 valence electrons. The summed E-state index contributed by atoms with van der Waals surface area (Å²) in [7, 11) is -3.93. The number of carbonyl (C=O) groups is 2. The first kappa shape index (κ1) is 31.5. The highest BCUT2D eigenvalue weighted by Crippen LogP contribution is 2.30. The Bertz CT molecular complexity index is 1430. The Hall–Kier alpha value is -3.07. The van der Waals surface area contributed by atoms with Crippen LogP contribution in [0, 0.1) is 12.8 Å². The van der Waals surface area contributed by atoms with Crippen molar-refractivity contribution < 1.29 is 18.0 Å². The molecule has 10 heteroatoms. The topological polar surface area (TPSA) is 86.8 Å². The summed E-state index contributed by atoms with van der Waals surface area (Å²) in [5.41, 5.74) is 2.79. The molecule has 1 atom stereocenters. The van der Waals surface area contributed by atoms with E-state index in [2.05, 4.69) is 5.32 Å². The largest absolute Gasteiger partial charge is 0.354 e. The lowest BCUT2D eigenvalue weighted by Crippen LogP contribution is -2.53. The van der Waals surface area contributed by atoms with Gasteiger partial charge in [0.05, 0.1) is 17.0 Å². The van der Waals surface area contributed by atoms with E-state index in [-0.39, 0.29) is 35.5 Å². The first-order valence-electron chi connectivity index (χ1n) is 12.9. The smallest absolute Gasteiger partial charge is 0.244 e. The Labute approximate surface area is 247 Å². The number of hydrogen-bond acceptors (Lipinski definition) is 4. The lowest BCUT2D eigenvalue weighted by molar-refractivity contribution is -0.140. The fourth-order valence-corrected chi connectivity index (χ4v) is 5.65. The standard InChI is InChI=1S/C30H35Cl2N3O4S/c1-21(2)18-33-30(37)28(16-23-11-6-5-7-12-23)34(19-24-13-9-8-10-22(24)3)29(36)20-35(40(4,38)39)27-15-14-25(31)17-26(27)32/h5-15,17,21,28H,16,18-20H2,1-4H3,(H,33,37). The molecule has 0 fully saturated rings. The molecule has 0 aromatic heterocycles. The van der Waals surface area contributed by atoms with Gasteiger partial charge in [0.2, 0.25) is 21.8 Å². The Kier molecular flexibility index (Phi) is 11.0. The van der Waals surface area contributed by atoms with Gasteiger partial charge >= 0.3 is 0 Å². The predicted octanol–water partition coefficient (Wildman–Crippen LogP) is 5.48. The Morgan fingerprint density at radius 2 is 1.60 bits per heavy atom. The molecule has 0 aliphatic rings. The molecule has 7 nitrogen and oxygen atoms in total. The van der Waals surface area contributed by atoms with Gasteiger partial charge in [0.25, 0.3) is 0 Å². The van der Waals surface area contributed by atoms with Crippen molar-refractivity contribution in [2.45, 2.75) is 39.8 Å². The number of carbonyl (C=O) groups excluding carboxylic acids is 2. The highest BCUT2D eigenvalue weighted by atomic mass is 35.5. The van der Waals surface area contributed by atoms with Crippen LogP contribution in [0.2, 0.25) is 10.0 Å². The number of anilines is 1. The highest BCUT2D eigenvalue weighted by molar-refractivity contribution is 7.92. The fourth-order valence-electron chi connectivity index (χ4n) is 4.23. The summed E-state index contributed by atoms with van der Waals surface area (Å²) in [6.07, 6.45) is 1.26. The molecule has 0 aliphatic carbocycles. The van der Waals surface area contributed by atoms with Crippen LogP contribution in [0.15, 0.2) is 72.8 Å². The number of benzene rings is 3. The van der Waals surface area contributed by atoms with Gasteiger partial charge in [-0.3, -0.25) is 13.9 Å². The normalized spacial score (nSPS) is 12.2. The quantitative estimate of drug-likeness (QED) is 0.297. The summed E-state index contributed by atoms with van der Waals surface area (Å²) < 4.78 is 26.7. The van der Waals surface area contributed by atoms with Gasteiger partial charge < -0.3 is 10.2 Å². The van der Waals surface area contributed by atoms with Crippen molar-refractivity contribution in [3.05, 3.63) is 99.5 Å². The summed E-state index contributed by atoms with van der Waals surface area (Å²) >= 11 is 12.4. The van der Waals surface area contributed by atoms with Crippen LogP contribution < -0.4 is 9.62 Å². The fraction of sp³-hybridized carbons (Fsp3) is 0.333. The third-order valence-electron chi connectivity index (χ3n) is 6.42. The van der Waals surface area contributed by atoms with Crippen LogP contribution in [0.5, 0.6) is 0 Å². The van der Waals surface area contributed by atoms with E-state index in [0.29, 0.717) is 11.6 Å². The summed E-state index contributed by atoms with van der Waals surface area (Å²) in [5, 5.41) is 3.39. The van der Waals surface area contributed by atoms with E-state index in [1.54, 1.807) is 0 Å². The lowest BCUT2D eigenvalue weighted by Gasteiger charge is -2.34. The molecule has 0 radical (unpaired) electrons. The van der Waals surface area contributed by atoms with Crippen molar-refractivity contribution in [1.29, 1.82) is 0 Å². The number of nitrogens with one attached hydrogen (secondary N) is 1. The van der Waals surface area contributed by atoms with Crippen molar-refractivity contribution in [2.75, 3.05) is 23.7 Å². The van der Waals surface area contributed by atoms with Gasteiger partial charge in [-0.05, 0) is 47.7 Å². The summed E-state index contributed by atoms with van der Waals surface area (Å²) in [4.78, 5) is 29.2. The Balaban J connectivity index is 2.08. The zero-order valence-electron chi connectivity index (χ0n) is 23.1. The molecule has 1 unspecified atom stereocenters. The zero-order valence-corrected chi connectivity index (χ0v) is 25.4. The molecular weight excluding hydrogens is 569 g/mol. The van der Waals surface area contributed by atoms with Crippen LogP contribution in [0.1, 0.15) is 30.5 Å². The Morgan fingerprint density at radius 3 is 2.20 bits per heavy atom. The van der Waals surface area contributed by atoms with Gasteiger partial charge in [-0.15, -0.1) is 0 Å². The molecule has 0 heterocycles. The molecular formula is C30H35Cl2N3O4S. The van der Waals surface area contributed by atoms with E-state index in [4.69, 9.17) is 23.2 Å². The van der Waals surface area contributed by atoms with Crippen molar-refractivity contribution >= 4 is 50.7 Å². The maximum atomic E-state index is 14.1. The minimum atomic E-state index is -3.93. The average molecular weight is 605 g/mol. The second-order valence-corrected chi connectivity index (χ2v) is 12.9. The molecule has 2 amide bonds. The van der Waals surface area contributed by atoms with Crippen LogP contribution in [0.25, 0.3) is 0 Å². The lowest BCUT2D eigenvalue weighted by atomic mass is 10.0. The number of sulfonamides is 1. The van der Waals surface area contributed by atoms with E-state index in [1.807, 2.05) is 75.4 Å². The van der Waals surface area contributed by atoms with E-state index >= 15 is 0 Å². The number of rotatable bonds is 12. The van der Waals surface area contributed by atoms with Crippen molar-refractivity contribution in [3.8, 4) is 0 Å². The van der Waals surface area contributed by atoms with E-state index in [0.717, 1.165) is 27.3 Å². The molecule has 3 rings (SSSR count). The SMILES string of the molecule is Cc1ccccc1CN(C(=O)CN(c1ccc(Cl)cc1Cl)S(C)(=O)=O)C(Cc1ccccc1)C(=O)NCC(C)C. The second-order valence-electron chi connectivity index (χ2n) is 10.2. The minimum absolute atomic E-state index is 0.0895. The third kappa shape index (κ3) is 8.71. The summed E-state index contributed by atoms with van der Waals surface area (Å²) in [6, 6.07) is 20.5. The van der Waals surface area contributed by atoms with Crippen LogP contribution >= 0.6 is 23.2 Å². The van der Waals surface area contributed by atoms with Crippen LogP contribution in [-0.2, 0) is 32.6 Å². The van der Waals surface area contributed by atoms with E-state index in [1.165, 1.54) is 23.1 Å². The van der Waals surface area contributed by atoms with Crippen molar-refractivity contribution in [1.82, 2.24) is 10.2 Å². The second kappa shape index (κ2) is 14.0. The molecule has 0 bridgehead atoms. The highest BCUT2D eigenvalue weighted by Gasteiger charge is 2.33. The number of hydrogen-bond donors (Lipinski definition) is 1. The van der Waals surface area contributed by atoms with Gasteiger partial charge in [0.15, 0.2) is 0 Å². The van der Waals surface area contributed by atoms with E-state index < -0.39 is 28.5 Å². The maximum Gasteiger partial charge on any atom is 0.244 e. The summed E-state index contributed by atoms with van der Waals surface area (Å²) in [5.74, 6) is -0.648. The molecule has 0 saturated carbocycles. The Morgan fingerprint density at radius 1 is 0.950 bits per heavy atom. The first-order chi connectivity index (χ1) is 18.9. The van der Waals surface area contributed by atoms with Gasteiger partial charge in [-0.1, -0.05) is 91.6 Å².